The van der Waals surface area contributed by atoms with Crippen LogP contribution in [0, 0.1) is 17.1 Å². The van der Waals surface area contributed by atoms with E-state index in [2.05, 4.69) is 4.98 Å². The van der Waals surface area contributed by atoms with Crippen molar-refractivity contribution in [2.45, 2.75) is 0 Å². The number of nitrogens with two attached hydrogens (primary N) is 1. The number of aromatic nitrogens is 1. The van der Waals surface area contributed by atoms with Crippen LogP contribution in [0.25, 0.3) is 11.3 Å². The van der Waals surface area contributed by atoms with Crippen LogP contribution >= 0.6 is 11.3 Å². The number of rotatable bonds is 1. The molecule has 0 amide bonds. The molecule has 0 saturated carbocycles. The van der Waals surface area contributed by atoms with E-state index in [-0.39, 0.29) is 5.82 Å². The van der Waals surface area contributed by atoms with Gasteiger partial charge in [-0.25, -0.2) is 9.37 Å². The van der Waals surface area contributed by atoms with Crippen molar-refractivity contribution in [1.29, 1.82) is 5.26 Å². The van der Waals surface area contributed by atoms with Crippen molar-refractivity contribution < 1.29 is 4.39 Å². The van der Waals surface area contributed by atoms with Crippen LogP contribution in [0.4, 0.5) is 9.52 Å². The average molecular weight is 219 g/mol. The fourth-order valence-corrected chi connectivity index (χ4v) is 1.87. The lowest BCUT2D eigenvalue weighted by Gasteiger charge is -1.96. The van der Waals surface area contributed by atoms with Crippen LogP contribution in [-0.4, -0.2) is 4.98 Å². The van der Waals surface area contributed by atoms with E-state index < -0.39 is 0 Å². The van der Waals surface area contributed by atoms with Gasteiger partial charge in [-0.1, -0.05) is 11.3 Å². The van der Waals surface area contributed by atoms with Crippen LogP contribution in [-0.2, 0) is 0 Å². The molecule has 0 radical (unpaired) electrons. The molecule has 0 aliphatic rings. The van der Waals surface area contributed by atoms with Crippen LogP contribution in [0.3, 0.4) is 0 Å². The molecule has 0 unspecified atom stereocenters. The minimum atomic E-state index is -0.319. The molecular formula is C10H6FN3S. The van der Waals surface area contributed by atoms with Gasteiger partial charge in [0.05, 0.1) is 0 Å². The second kappa shape index (κ2) is 3.67. The van der Waals surface area contributed by atoms with Crippen molar-refractivity contribution >= 4 is 16.5 Å². The summed E-state index contributed by atoms with van der Waals surface area (Å²) < 4.78 is 12.7. The van der Waals surface area contributed by atoms with Crippen molar-refractivity contribution in [3.05, 3.63) is 35.0 Å². The summed E-state index contributed by atoms with van der Waals surface area (Å²) >= 11 is 1.13. The fraction of sp³-hybridized carbons (Fsp3) is 0. The molecule has 0 aliphatic heterocycles. The number of nitriles is 1. The van der Waals surface area contributed by atoms with Gasteiger partial charge in [0.1, 0.15) is 22.5 Å². The van der Waals surface area contributed by atoms with Crippen LogP contribution in [0.5, 0.6) is 0 Å². The van der Waals surface area contributed by atoms with Crippen molar-refractivity contribution in [3.63, 3.8) is 0 Å². The number of anilines is 1. The second-order valence-corrected chi connectivity index (χ2v) is 3.88. The lowest BCUT2D eigenvalue weighted by atomic mass is 10.1. The topological polar surface area (TPSA) is 62.7 Å². The highest BCUT2D eigenvalue weighted by molar-refractivity contribution is 7.16. The van der Waals surface area contributed by atoms with E-state index in [9.17, 15) is 4.39 Å². The Balaban J connectivity index is 2.54. The number of halogens is 1. The number of hydrogen-bond acceptors (Lipinski definition) is 4. The largest absolute Gasteiger partial charge is 0.375 e. The van der Waals surface area contributed by atoms with Gasteiger partial charge < -0.3 is 5.73 Å². The molecule has 1 aromatic carbocycles. The Morgan fingerprint density at radius 1 is 1.33 bits per heavy atom. The smallest absolute Gasteiger partial charge is 0.181 e. The first-order valence-electron chi connectivity index (χ1n) is 4.13. The van der Waals surface area contributed by atoms with Crippen molar-refractivity contribution in [2.24, 2.45) is 0 Å². The predicted molar refractivity (Wildman–Crippen MR) is 56.6 cm³/mol. The zero-order valence-corrected chi connectivity index (χ0v) is 8.38. The van der Waals surface area contributed by atoms with E-state index in [1.165, 1.54) is 12.1 Å². The van der Waals surface area contributed by atoms with Crippen molar-refractivity contribution in [3.8, 4) is 17.3 Å². The summed E-state index contributed by atoms with van der Waals surface area (Å²) in [5, 5.41) is 9.18. The zero-order chi connectivity index (χ0) is 10.8. The molecule has 74 valence electrons. The molecule has 2 aromatic rings. The summed E-state index contributed by atoms with van der Waals surface area (Å²) in [6, 6.07) is 7.81. The van der Waals surface area contributed by atoms with Crippen LogP contribution in [0.15, 0.2) is 24.3 Å². The lowest BCUT2D eigenvalue weighted by Crippen LogP contribution is -1.84. The van der Waals surface area contributed by atoms with Crippen LogP contribution in [0.1, 0.15) is 4.88 Å². The number of nitrogens with zero attached hydrogens (tertiary/aromatic N) is 2. The minimum absolute atomic E-state index is 0.319. The SMILES string of the molecule is N#Cc1sc(N)nc1-c1ccc(F)cc1. The third kappa shape index (κ3) is 1.80. The summed E-state index contributed by atoms with van der Waals surface area (Å²) in [5.41, 5.74) is 6.71. The summed E-state index contributed by atoms with van der Waals surface area (Å²) in [7, 11) is 0. The monoisotopic (exact) mass is 219 g/mol. The van der Waals surface area contributed by atoms with E-state index in [0.29, 0.717) is 21.3 Å². The van der Waals surface area contributed by atoms with Gasteiger partial charge in [-0.3, -0.25) is 0 Å². The zero-order valence-electron chi connectivity index (χ0n) is 7.57. The Labute approximate surface area is 89.6 Å². The molecule has 2 rings (SSSR count). The summed E-state index contributed by atoms with van der Waals surface area (Å²) in [6.45, 7) is 0. The first-order chi connectivity index (χ1) is 7.20. The predicted octanol–water partition coefficient (Wildman–Crippen LogP) is 2.40. The molecule has 3 nitrogen and oxygen atoms in total. The van der Waals surface area contributed by atoms with Gasteiger partial charge in [-0.2, -0.15) is 5.26 Å². The highest BCUT2D eigenvalue weighted by Gasteiger charge is 2.10. The average Bonchev–Trinajstić information content (AvgIpc) is 2.61. The highest BCUT2D eigenvalue weighted by Crippen LogP contribution is 2.28. The van der Waals surface area contributed by atoms with Gasteiger partial charge in [0.25, 0.3) is 0 Å². The molecule has 0 aliphatic carbocycles. The Morgan fingerprint density at radius 3 is 2.60 bits per heavy atom. The van der Waals surface area contributed by atoms with Gasteiger partial charge in [0, 0.05) is 5.56 Å². The maximum Gasteiger partial charge on any atom is 0.181 e. The molecule has 0 bridgehead atoms. The molecule has 0 spiro atoms. The van der Waals surface area contributed by atoms with Gasteiger partial charge in [0.2, 0.25) is 0 Å². The Hall–Kier alpha value is -1.93. The van der Waals surface area contributed by atoms with E-state index in [0.717, 1.165) is 11.3 Å². The molecule has 0 saturated heterocycles. The number of hydrogen-bond donors (Lipinski definition) is 1. The molecule has 5 heteroatoms. The van der Waals surface area contributed by atoms with Crippen LogP contribution in [0.2, 0.25) is 0 Å². The maximum atomic E-state index is 12.7. The van der Waals surface area contributed by atoms with Gasteiger partial charge >= 0.3 is 0 Å². The molecule has 0 fully saturated rings. The fourth-order valence-electron chi connectivity index (χ4n) is 1.22. The summed E-state index contributed by atoms with van der Waals surface area (Å²) in [4.78, 5) is 4.48. The Bertz CT molecular complexity index is 525. The van der Waals surface area contributed by atoms with E-state index in [1.54, 1.807) is 12.1 Å². The molecule has 0 atom stereocenters. The summed E-state index contributed by atoms with van der Waals surface area (Å²) in [6.07, 6.45) is 0. The van der Waals surface area contributed by atoms with Gasteiger partial charge in [-0.05, 0) is 24.3 Å². The molecule has 2 N–H and O–H groups in total. The molecule has 1 heterocycles. The maximum absolute atomic E-state index is 12.7. The first-order valence-corrected chi connectivity index (χ1v) is 4.94. The quantitative estimate of drug-likeness (QED) is 0.801. The van der Waals surface area contributed by atoms with Gasteiger partial charge in [0.15, 0.2) is 5.13 Å². The number of benzene rings is 1. The standard InChI is InChI=1S/C10H6FN3S/c11-7-3-1-6(2-4-7)9-8(5-12)15-10(13)14-9/h1-4H,(H2,13,14). The normalized spacial score (nSPS) is 9.87. The Morgan fingerprint density at radius 2 is 2.00 bits per heavy atom. The highest BCUT2D eigenvalue weighted by atomic mass is 32.1. The molecule has 15 heavy (non-hydrogen) atoms. The lowest BCUT2D eigenvalue weighted by molar-refractivity contribution is 0.628. The summed E-state index contributed by atoms with van der Waals surface area (Å²) in [5.74, 6) is -0.319. The third-order valence-corrected chi connectivity index (χ3v) is 2.65. The Kier molecular flexibility index (Phi) is 2.35. The number of thiazole rings is 1. The van der Waals surface area contributed by atoms with Crippen molar-refractivity contribution in [2.75, 3.05) is 5.73 Å². The third-order valence-electron chi connectivity index (χ3n) is 1.86. The minimum Gasteiger partial charge on any atom is -0.375 e. The molecule has 1 aromatic heterocycles. The van der Waals surface area contributed by atoms with Gasteiger partial charge in [-0.15, -0.1) is 0 Å². The van der Waals surface area contributed by atoms with E-state index >= 15 is 0 Å². The molecular weight excluding hydrogens is 213 g/mol. The first kappa shape index (κ1) is 9.62. The van der Waals surface area contributed by atoms with E-state index in [1.807, 2.05) is 6.07 Å². The second-order valence-electron chi connectivity index (χ2n) is 2.85. The van der Waals surface area contributed by atoms with Crippen LogP contribution < -0.4 is 5.73 Å². The van der Waals surface area contributed by atoms with E-state index in [4.69, 9.17) is 11.0 Å². The number of nitrogen functional groups attached to an aromatic ring is 1. The van der Waals surface area contributed by atoms with Crippen molar-refractivity contribution in [1.82, 2.24) is 4.98 Å².